The summed E-state index contributed by atoms with van der Waals surface area (Å²) in [6.45, 7) is 6.84. The Morgan fingerprint density at radius 1 is 1.00 bits per heavy atom. The molecule has 0 aromatic heterocycles. The van der Waals surface area contributed by atoms with Crippen LogP contribution in [-0.4, -0.2) is 40.0 Å². The van der Waals surface area contributed by atoms with Crippen LogP contribution in [0.1, 0.15) is 39.5 Å². The Morgan fingerprint density at radius 2 is 1.75 bits per heavy atom. The molecule has 16 heavy (non-hydrogen) atoms. The van der Waals surface area contributed by atoms with Crippen molar-refractivity contribution in [3.8, 4) is 0 Å². The maximum Gasteiger partial charge on any atom is 0.0700 e. The Kier molecular flexibility index (Phi) is 11.3. The molecule has 0 aliphatic carbocycles. The zero-order chi connectivity index (χ0) is 12.2. The molecule has 0 heterocycles. The zero-order valence-corrected chi connectivity index (χ0v) is 11.4. The van der Waals surface area contributed by atoms with Gasteiger partial charge >= 0.3 is 0 Å². The summed E-state index contributed by atoms with van der Waals surface area (Å²) in [4.78, 5) is 0. The topological polar surface area (TPSA) is 30.5 Å². The summed E-state index contributed by atoms with van der Waals surface area (Å²) in [5.74, 6) is 0.725. The van der Waals surface area contributed by atoms with Crippen molar-refractivity contribution in [2.75, 3.05) is 34.0 Å². The number of hydrogen-bond acceptors (Lipinski definition) is 3. The smallest absolute Gasteiger partial charge is 0.0700 e. The number of hydrogen-bond donors (Lipinski definition) is 1. The van der Waals surface area contributed by atoms with Gasteiger partial charge in [0.05, 0.1) is 13.2 Å². The summed E-state index contributed by atoms with van der Waals surface area (Å²) >= 11 is 0. The molecule has 1 N–H and O–H groups in total. The lowest BCUT2D eigenvalue weighted by molar-refractivity contribution is 0.0685. The second-order valence-electron chi connectivity index (χ2n) is 4.59. The zero-order valence-electron chi connectivity index (χ0n) is 11.4. The number of methoxy groups -OCH3 is 1. The monoisotopic (exact) mass is 231 g/mol. The third-order valence-electron chi connectivity index (χ3n) is 2.91. The highest BCUT2D eigenvalue weighted by atomic mass is 16.5. The van der Waals surface area contributed by atoms with E-state index in [0.29, 0.717) is 12.6 Å². The van der Waals surface area contributed by atoms with Crippen LogP contribution in [0.5, 0.6) is 0 Å². The highest BCUT2D eigenvalue weighted by Gasteiger charge is 2.09. The molecule has 0 radical (unpaired) electrons. The van der Waals surface area contributed by atoms with Crippen molar-refractivity contribution in [3.05, 3.63) is 0 Å². The molecule has 0 saturated carbocycles. The summed E-state index contributed by atoms with van der Waals surface area (Å²) in [6, 6.07) is 0.661. The fraction of sp³-hybridized carbons (Fsp3) is 1.00. The highest BCUT2D eigenvalue weighted by molar-refractivity contribution is 4.67. The molecule has 0 aliphatic rings. The van der Waals surface area contributed by atoms with Crippen LogP contribution < -0.4 is 5.32 Å². The molecule has 1 unspecified atom stereocenters. The molecule has 0 aromatic rings. The van der Waals surface area contributed by atoms with Crippen LogP contribution in [0.2, 0.25) is 0 Å². The molecule has 3 heteroatoms. The van der Waals surface area contributed by atoms with Crippen LogP contribution in [0.4, 0.5) is 0 Å². The average molecular weight is 231 g/mol. The van der Waals surface area contributed by atoms with Gasteiger partial charge in [-0.2, -0.15) is 0 Å². The van der Waals surface area contributed by atoms with Gasteiger partial charge in [0.1, 0.15) is 0 Å². The quantitative estimate of drug-likeness (QED) is 0.554. The molecule has 3 nitrogen and oxygen atoms in total. The largest absolute Gasteiger partial charge is 0.382 e. The lowest BCUT2D eigenvalue weighted by Crippen LogP contribution is -2.30. The van der Waals surface area contributed by atoms with Crippen LogP contribution in [-0.2, 0) is 9.47 Å². The SMILES string of the molecule is CNC(CCCCCOCCOC)C(C)C. The second kappa shape index (κ2) is 11.4. The third kappa shape index (κ3) is 9.13. The Hall–Kier alpha value is -0.120. The minimum absolute atomic E-state index is 0.661. The van der Waals surface area contributed by atoms with Gasteiger partial charge in [-0.3, -0.25) is 0 Å². The average Bonchev–Trinajstić information content (AvgIpc) is 2.26. The van der Waals surface area contributed by atoms with Gasteiger partial charge in [0.25, 0.3) is 0 Å². The van der Waals surface area contributed by atoms with E-state index >= 15 is 0 Å². The van der Waals surface area contributed by atoms with E-state index in [2.05, 4.69) is 26.2 Å². The first-order valence-corrected chi connectivity index (χ1v) is 6.46. The predicted octanol–water partition coefficient (Wildman–Crippen LogP) is 2.45. The lowest BCUT2D eigenvalue weighted by Gasteiger charge is -2.19. The van der Waals surface area contributed by atoms with Crippen LogP contribution >= 0.6 is 0 Å². The first-order chi connectivity index (χ1) is 7.72. The normalized spacial score (nSPS) is 13.3. The minimum atomic E-state index is 0.661. The maximum atomic E-state index is 5.41. The molecule has 0 spiro atoms. The van der Waals surface area contributed by atoms with Gasteiger partial charge in [-0.05, 0) is 25.8 Å². The molecule has 0 rings (SSSR count). The summed E-state index contributed by atoms with van der Waals surface area (Å²) in [6.07, 6.45) is 4.99. The summed E-state index contributed by atoms with van der Waals surface area (Å²) in [5.41, 5.74) is 0. The molecule has 0 fully saturated rings. The van der Waals surface area contributed by atoms with E-state index in [1.54, 1.807) is 7.11 Å². The van der Waals surface area contributed by atoms with Gasteiger partial charge in [-0.15, -0.1) is 0 Å². The van der Waals surface area contributed by atoms with Crippen molar-refractivity contribution >= 4 is 0 Å². The molecule has 0 bridgehead atoms. The molecular formula is C13H29NO2. The molecule has 0 aliphatic heterocycles. The predicted molar refractivity (Wildman–Crippen MR) is 68.8 cm³/mol. The highest BCUT2D eigenvalue weighted by Crippen LogP contribution is 2.10. The van der Waals surface area contributed by atoms with Crippen molar-refractivity contribution in [1.29, 1.82) is 0 Å². The Bertz CT molecular complexity index is 140. The number of unbranched alkanes of at least 4 members (excludes halogenated alkanes) is 2. The summed E-state index contributed by atoms with van der Waals surface area (Å²) < 4.78 is 10.3. The van der Waals surface area contributed by atoms with Gasteiger partial charge in [-0.25, -0.2) is 0 Å². The molecule has 0 saturated heterocycles. The van der Waals surface area contributed by atoms with E-state index in [-0.39, 0.29) is 0 Å². The van der Waals surface area contributed by atoms with Crippen LogP contribution in [0.15, 0.2) is 0 Å². The van der Waals surface area contributed by atoms with Crippen molar-refractivity contribution in [1.82, 2.24) is 5.32 Å². The van der Waals surface area contributed by atoms with E-state index in [4.69, 9.17) is 9.47 Å². The van der Waals surface area contributed by atoms with Gasteiger partial charge in [0, 0.05) is 19.8 Å². The number of ether oxygens (including phenoxy) is 2. The van der Waals surface area contributed by atoms with Crippen LogP contribution in [0, 0.1) is 5.92 Å². The van der Waals surface area contributed by atoms with E-state index in [0.717, 1.165) is 25.6 Å². The van der Waals surface area contributed by atoms with Crippen molar-refractivity contribution in [2.45, 2.75) is 45.6 Å². The minimum Gasteiger partial charge on any atom is -0.382 e. The van der Waals surface area contributed by atoms with Crippen molar-refractivity contribution < 1.29 is 9.47 Å². The first kappa shape index (κ1) is 15.9. The molecule has 0 amide bonds. The Balaban J connectivity index is 3.19. The van der Waals surface area contributed by atoms with Gasteiger partial charge in [0.2, 0.25) is 0 Å². The van der Waals surface area contributed by atoms with E-state index in [1.807, 2.05) is 0 Å². The van der Waals surface area contributed by atoms with Gasteiger partial charge in [-0.1, -0.05) is 26.7 Å². The number of rotatable bonds is 11. The van der Waals surface area contributed by atoms with Crippen LogP contribution in [0.25, 0.3) is 0 Å². The van der Waals surface area contributed by atoms with Crippen molar-refractivity contribution in [3.63, 3.8) is 0 Å². The molecule has 98 valence electrons. The molecule has 0 aromatic carbocycles. The maximum absolute atomic E-state index is 5.41. The Morgan fingerprint density at radius 3 is 2.31 bits per heavy atom. The van der Waals surface area contributed by atoms with E-state index < -0.39 is 0 Å². The standard InChI is InChI=1S/C13H29NO2/c1-12(2)13(14-3)8-6-5-7-9-16-11-10-15-4/h12-14H,5-11H2,1-4H3. The van der Waals surface area contributed by atoms with Crippen LogP contribution in [0.3, 0.4) is 0 Å². The molecule has 1 atom stereocenters. The fourth-order valence-electron chi connectivity index (χ4n) is 1.80. The first-order valence-electron chi connectivity index (χ1n) is 6.46. The van der Waals surface area contributed by atoms with Gasteiger partial charge in [0.15, 0.2) is 0 Å². The van der Waals surface area contributed by atoms with E-state index in [1.165, 1.54) is 19.3 Å². The summed E-state index contributed by atoms with van der Waals surface area (Å²) in [5, 5.41) is 3.37. The van der Waals surface area contributed by atoms with Crippen molar-refractivity contribution in [2.24, 2.45) is 5.92 Å². The second-order valence-corrected chi connectivity index (χ2v) is 4.59. The van der Waals surface area contributed by atoms with Gasteiger partial charge < -0.3 is 14.8 Å². The Labute approximate surface area is 101 Å². The number of nitrogens with one attached hydrogen (secondary N) is 1. The summed E-state index contributed by atoms with van der Waals surface area (Å²) in [7, 11) is 3.76. The van der Waals surface area contributed by atoms with E-state index in [9.17, 15) is 0 Å². The lowest BCUT2D eigenvalue weighted by atomic mass is 9.98. The fourth-order valence-corrected chi connectivity index (χ4v) is 1.80. The third-order valence-corrected chi connectivity index (χ3v) is 2.91. The molecular weight excluding hydrogens is 202 g/mol.